The summed E-state index contributed by atoms with van der Waals surface area (Å²) in [4.78, 5) is 15.9. The molecule has 0 radical (unpaired) electrons. The molecule has 0 aliphatic rings. The molecule has 0 unspecified atom stereocenters. The zero-order valence-corrected chi connectivity index (χ0v) is 17.0. The number of methoxy groups -OCH3 is 2. The van der Waals surface area contributed by atoms with Crippen LogP contribution in [0.1, 0.15) is 28.0 Å². The Morgan fingerprint density at radius 3 is 1.97 bits per heavy atom. The van der Waals surface area contributed by atoms with Gasteiger partial charge >= 0.3 is 0 Å². The minimum Gasteiger partial charge on any atom is -0.497 e. The van der Waals surface area contributed by atoms with Gasteiger partial charge in [0.15, 0.2) is 11.2 Å². The molecule has 31 heavy (non-hydrogen) atoms. The van der Waals surface area contributed by atoms with Gasteiger partial charge in [0.1, 0.15) is 17.6 Å². The van der Waals surface area contributed by atoms with Crippen LogP contribution in [0.25, 0.3) is 11.3 Å². The molecule has 7 heteroatoms. The van der Waals surface area contributed by atoms with Gasteiger partial charge in [-0.25, -0.2) is 0 Å². The number of benzene rings is 2. The Kier molecular flexibility index (Phi) is 6.05. The van der Waals surface area contributed by atoms with Gasteiger partial charge in [0.05, 0.1) is 37.6 Å². The SMILES string of the molecule is COc1ccc(C(=O)CC(C#N)(C#N)c2[nH]c(-c3ccc(OC)cc3)cc2C#N)cc1. The summed E-state index contributed by atoms with van der Waals surface area (Å²) in [5, 5.41) is 29.4. The number of rotatable bonds is 7. The average molecular weight is 410 g/mol. The van der Waals surface area contributed by atoms with Crippen molar-refractivity contribution in [3.63, 3.8) is 0 Å². The van der Waals surface area contributed by atoms with Crippen LogP contribution in [0, 0.1) is 34.0 Å². The maximum atomic E-state index is 12.8. The van der Waals surface area contributed by atoms with E-state index in [-0.39, 0.29) is 11.3 Å². The summed E-state index contributed by atoms with van der Waals surface area (Å²) in [6.07, 6.45) is -0.399. The van der Waals surface area contributed by atoms with Crippen LogP contribution in [0.4, 0.5) is 0 Å². The Balaban J connectivity index is 2.00. The summed E-state index contributed by atoms with van der Waals surface area (Å²) < 4.78 is 10.2. The van der Waals surface area contributed by atoms with Crippen LogP contribution in [0.5, 0.6) is 11.5 Å². The van der Waals surface area contributed by atoms with Crippen LogP contribution >= 0.6 is 0 Å². The highest BCUT2D eigenvalue weighted by Gasteiger charge is 2.39. The van der Waals surface area contributed by atoms with E-state index >= 15 is 0 Å². The number of nitriles is 3. The van der Waals surface area contributed by atoms with Gasteiger partial charge in [0, 0.05) is 17.7 Å². The molecule has 1 aromatic heterocycles. The van der Waals surface area contributed by atoms with Crippen LogP contribution < -0.4 is 9.47 Å². The molecular weight excluding hydrogens is 392 g/mol. The van der Waals surface area contributed by atoms with Gasteiger partial charge in [-0.3, -0.25) is 4.79 Å². The van der Waals surface area contributed by atoms with Gasteiger partial charge in [-0.05, 0) is 60.2 Å². The highest BCUT2D eigenvalue weighted by molar-refractivity contribution is 5.97. The van der Waals surface area contributed by atoms with Crippen LogP contribution in [-0.4, -0.2) is 25.0 Å². The molecule has 0 bridgehead atoms. The molecule has 2 aromatic carbocycles. The Morgan fingerprint density at radius 1 is 0.935 bits per heavy atom. The van der Waals surface area contributed by atoms with E-state index in [4.69, 9.17) is 9.47 Å². The number of aromatic amines is 1. The van der Waals surface area contributed by atoms with Crippen molar-refractivity contribution in [2.75, 3.05) is 14.2 Å². The maximum Gasteiger partial charge on any atom is 0.191 e. The molecule has 0 aliphatic carbocycles. The second kappa shape index (κ2) is 8.86. The van der Waals surface area contributed by atoms with Gasteiger partial charge in [-0.1, -0.05) is 0 Å². The number of nitrogens with one attached hydrogen (secondary N) is 1. The molecule has 0 aliphatic heterocycles. The number of ether oxygens (including phenoxy) is 2. The number of carbonyl (C=O) groups excluding carboxylic acids is 1. The zero-order valence-electron chi connectivity index (χ0n) is 17.0. The highest BCUT2D eigenvalue weighted by Crippen LogP contribution is 2.34. The number of aromatic nitrogens is 1. The summed E-state index contributed by atoms with van der Waals surface area (Å²) in [5.41, 5.74) is 0.0447. The molecule has 7 nitrogen and oxygen atoms in total. The summed E-state index contributed by atoms with van der Waals surface area (Å²) in [5.74, 6) is 0.864. The molecule has 0 saturated heterocycles. The van der Waals surface area contributed by atoms with Crippen molar-refractivity contribution < 1.29 is 14.3 Å². The molecule has 3 rings (SSSR count). The lowest BCUT2D eigenvalue weighted by molar-refractivity contribution is 0.0970. The quantitative estimate of drug-likeness (QED) is 0.584. The second-order valence-corrected chi connectivity index (χ2v) is 6.77. The van der Waals surface area contributed by atoms with E-state index in [2.05, 4.69) is 4.98 Å². The molecule has 3 aromatic rings. The second-order valence-electron chi connectivity index (χ2n) is 6.77. The number of hydrogen-bond donors (Lipinski definition) is 1. The number of Topliss-reactive ketones (excluding diaryl/α,β-unsaturated/α-hetero) is 1. The number of H-pyrrole nitrogens is 1. The van der Waals surface area contributed by atoms with E-state index < -0.39 is 17.6 Å². The average Bonchev–Trinajstić information content (AvgIpc) is 3.27. The first-order chi connectivity index (χ1) is 15.0. The van der Waals surface area contributed by atoms with Crippen molar-refractivity contribution in [3.8, 4) is 41.0 Å². The standard InChI is InChI=1S/C24H18N4O3/c1-30-19-7-3-16(4-8-19)21-11-18(13-25)23(28-21)24(14-26,15-27)12-22(29)17-5-9-20(31-2)10-6-17/h3-11,28H,12H2,1-2H3. The van der Waals surface area contributed by atoms with E-state index in [1.165, 1.54) is 7.11 Å². The summed E-state index contributed by atoms with van der Waals surface area (Å²) >= 11 is 0. The van der Waals surface area contributed by atoms with Crippen LogP contribution in [0.15, 0.2) is 54.6 Å². The van der Waals surface area contributed by atoms with Crippen molar-refractivity contribution in [2.24, 2.45) is 0 Å². The van der Waals surface area contributed by atoms with Crippen LogP contribution in [0.3, 0.4) is 0 Å². The fourth-order valence-electron chi connectivity index (χ4n) is 3.23. The topological polar surface area (TPSA) is 123 Å². The van der Waals surface area contributed by atoms with E-state index in [1.54, 1.807) is 61.7 Å². The number of hydrogen-bond acceptors (Lipinski definition) is 6. The van der Waals surface area contributed by atoms with Crippen molar-refractivity contribution in [1.29, 1.82) is 15.8 Å². The molecule has 0 atom stereocenters. The molecule has 0 amide bonds. The molecule has 1 heterocycles. The minimum atomic E-state index is -1.84. The monoisotopic (exact) mass is 410 g/mol. The smallest absolute Gasteiger partial charge is 0.191 e. The van der Waals surface area contributed by atoms with Gasteiger partial charge in [-0.15, -0.1) is 0 Å². The van der Waals surface area contributed by atoms with Crippen molar-refractivity contribution in [3.05, 3.63) is 71.4 Å². The number of carbonyl (C=O) groups is 1. The predicted octanol–water partition coefficient (Wildman–Crippen LogP) is 4.13. The molecular formula is C24H18N4O3. The lowest BCUT2D eigenvalue weighted by Gasteiger charge is -2.17. The van der Waals surface area contributed by atoms with Gasteiger partial charge in [0.25, 0.3) is 0 Å². The normalized spacial score (nSPS) is 10.4. The molecule has 152 valence electrons. The van der Waals surface area contributed by atoms with E-state index in [9.17, 15) is 20.6 Å². The third kappa shape index (κ3) is 4.10. The van der Waals surface area contributed by atoms with E-state index in [1.807, 2.05) is 18.2 Å². The summed E-state index contributed by atoms with van der Waals surface area (Å²) in [7, 11) is 3.08. The summed E-state index contributed by atoms with van der Waals surface area (Å²) in [6.45, 7) is 0. The van der Waals surface area contributed by atoms with Gasteiger partial charge in [0.2, 0.25) is 0 Å². The Labute approximate surface area is 179 Å². The first-order valence-electron chi connectivity index (χ1n) is 9.28. The number of nitrogens with zero attached hydrogens (tertiary/aromatic N) is 3. The molecule has 0 fully saturated rings. The highest BCUT2D eigenvalue weighted by atomic mass is 16.5. The van der Waals surface area contributed by atoms with E-state index in [0.717, 1.165) is 5.56 Å². The Morgan fingerprint density at radius 2 is 1.48 bits per heavy atom. The van der Waals surface area contributed by atoms with Crippen LogP contribution in [0.2, 0.25) is 0 Å². The molecule has 0 spiro atoms. The number of ketones is 1. The first kappa shape index (κ1) is 21.2. The lowest BCUT2D eigenvalue weighted by atomic mass is 9.80. The molecule has 1 N–H and O–H groups in total. The van der Waals surface area contributed by atoms with Crippen molar-refractivity contribution >= 4 is 5.78 Å². The Bertz CT molecular complexity index is 1210. The molecule has 0 saturated carbocycles. The predicted molar refractivity (Wildman–Crippen MR) is 112 cm³/mol. The zero-order chi connectivity index (χ0) is 22.4. The minimum absolute atomic E-state index is 0.104. The third-order valence-electron chi connectivity index (χ3n) is 4.99. The van der Waals surface area contributed by atoms with Gasteiger partial charge in [-0.2, -0.15) is 15.8 Å². The maximum absolute atomic E-state index is 12.8. The van der Waals surface area contributed by atoms with Gasteiger partial charge < -0.3 is 14.5 Å². The fraction of sp³-hybridized carbons (Fsp3) is 0.167. The van der Waals surface area contributed by atoms with Crippen LogP contribution in [-0.2, 0) is 5.41 Å². The van der Waals surface area contributed by atoms with Crippen molar-refractivity contribution in [1.82, 2.24) is 4.98 Å². The van der Waals surface area contributed by atoms with Crippen molar-refractivity contribution in [2.45, 2.75) is 11.8 Å². The Hall–Kier alpha value is -4.54. The van der Waals surface area contributed by atoms with E-state index in [0.29, 0.717) is 22.8 Å². The fourth-order valence-corrected chi connectivity index (χ4v) is 3.23. The third-order valence-corrected chi connectivity index (χ3v) is 4.99. The first-order valence-corrected chi connectivity index (χ1v) is 9.28. The lowest BCUT2D eigenvalue weighted by Crippen LogP contribution is -2.27. The largest absolute Gasteiger partial charge is 0.497 e. The summed E-state index contributed by atoms with van der Waals surface area (Å²) in [6, 6.07) is 21.0.